The fourth-order valence-corrected chi connectivity index (χ4v) is 6.69. The third-order valence-electron chi connectivity index (χ3n) is 8.01. The van der Waals surface area contributed by atoms with Crippen molar-refractivity contribution in [2.45, 2.75) is 31.7 Å². The fraction of sp³-hybridized carbons (Fsp3) is 0.444. The number of nitriles is 1. The number of anilines is 2. The first-order valence-corrected chi connectivity index (χ1v) is 14.0. The van der Waals surface area contributed by atoms with Crippen LogP contribution in [0.1, 0.15) is 31.2 Å². The lowest BCUT2D eigenvalue weighted by atomic mass is 9.73. The molecule has 0 saturated carbocycles. The molecule has 0 aliphatic carbocycles. The highest BCUT2D eigenvalue weighted by molar-refractivity contribution is 7.18. The van der Waals surface area contributed by atoms with E-state index in [1.807, 2.05) is 28.9 Å². The molecule has 11 heteroatoms. The molecular weight excluding hydrogens is 498 g/mol. The van der Waals surface area contributed by atoms with E-state index in [4.69, 9.17) is 9.72 Å². The number of ether oxygens (including phenoxy) is 1. The highest BCUT2D eigenvalue weighted by atomic mass is 32.1. The smallest absolute Gasteiger partial charge is 0.208 e. The molecule has 38 heavy (non-hydrogen) atoms. The van der Waals surface area contributed by atoms with Gasteiger partial charge in [0.1, 0.15) is 6.07 Å². The van der Waals surface area contributed by atoms with Crippen LogP contribution in [0.3, 0.4) is 0 Å². The number of piperidine rings is 1. The van der Waals surface area contributed by atoms with Crippen LogP contribution in [0.25, 0.3) is 27.5 Å². The molecule has 194 valence electrons. The van der Waals surface area contributed by atoms with Gasteiger partial charge in [0, 0.05) is 49.6 Å². The van der Waals surface area contributed by atoms with Crippen LogP contribution < -0.4 is 15.5 Å². The van der Waals surface area contributed by atoms with Crippen molar-refractivity contribution < 1.29 is 4.74 Å². The van der Waals surface area contributed by atoms with Crippen LogP contribution >= 0.6 is 11.3 Å². The van der Waals surface area contributed by atoms with E-state index < -0.39 is 0 Å². The van der Waals surface area contributed by atoms with Crippen molar-refractivity contribution in [2.75, 3.05) is 49.6 Å². The van der Waals surface area contributed by atoms with E-state index >= 15 is 0 Å². The second-order valence-electron chi connectivity index (χ2n) is 10.6. The predicted molar refractivity (Wildman–Crippen MR) is 146 cm³/mol. The predicted octanol–water partition coefficient (Wildman–Crippen LogP) is 3.57. The van der Waals surface area contributed by atoms with E-state index in [-0.39, 0.29) is 0 Å². The Morgan fingerprint density at radius 1 is 1.11 bits per heavy atom. The van der Waals surface area contributed by atoms with Crippen molar-refractivity contribution in [1.82, 2.24) is 30.1 Å². The molecule has 0 bridgehead atoms. The van der Waals surface area contributed by atoms with Crippen LogP contribution in [-0.2, 0) is 4.74 Å². The molecule has 3 aliphatic heterocycles. The normalized spacial score (nSPS) is 19.4. The summed E-state index contributed by atoms with van der Waals surface area (Å²) in [4.78, 5) is 7.20. The molecule has 0 radical (unpaired) electrons. The van der Waals surface area contributed by atoms with Crippen molar-refractivity contribution >= 4 is 27.7 Å². The zero-order chi connectivity index (χ0) is 25.5. The van der Waals surface area contributed by atoms with Gasteiger partial charge in [0.05, 0.1) is 34.2 Å². The molecule has 0 aromatic carbocycles. The van der Waals surface area contributed by atoms with Crippen molar-refractivity contribution in [1.29, 1.82) is 5.26 Å². The van der Waals surface area contributed by atoms with Gasteiger partial charge in [0.2, 0.25) is 5.13 Å². The van der Waals surface area contributed by atoms with E-state index in [9.17, 15) is 5.26 Å². The Hall–Kier alpha value is -3.59. The van der Waals surface area contributed by atoms with Gasteiger partial charge >= 0.3 is 0 Å². The number of hydrogen-bond acceptors (Lipinski definition) is 10. The van der Waals surface area contributed by atoms with Crippen molar-refractivity contribution in [3.63, 3.8) is 0 Å². The third kappa shape index (κ3) is 4.28. The van der Waals surface area contributed by atoms with Gasteiger partial charge in [-0.05, 0) is 63.0 Å². The van der Waals surface area contributed by atoms with Crippen molar-refractivity contribution in [3.05, 3.63) is 42.2 Å². The van der Waals surface area contributed by atoms with Gasteiger partial charge in [-0.2, -0.15) is 10.4 Å². The maximum absolute atomic E-state index is 9.23. The maximum Gasteiger partial charge on any atom is 0.208 e. The first-order chi connectivity index (χ1) is 18.7. The fourth-order valence-electron chi connectivity index (χ4n) is 5.83. The van der Waals surface area contributed by atoms with Crippen molar-refractivity contribution in [2.24, 2.45) is 5.41 Å². The molecule has 0 atom stereocenters. The Labute approximate surface area is 224 Å². The molecule has 7 rings (SSSR count). The number of nitrogens with one attached hydrogen (secondary N) is 2. The summed E-state index contributed by atoms with van der Waals surface area (Å²) >= 11 is 1.64. The molecule has 4 aromatic heterocycles. The van der Waals surface area contributed by atoms with E-state index in [1.54, 1.807) is 17.5 Å². The number of fused-ring (bicyclic) bond motifs is 1. The lowest BCUT2D eigenvalue weighted by Gasteiger charge is -2.52. The summed E-state index contributed by atoms with van der Waals surface area (Å²) in [6, 6.07) is 10.3. The summed E-state index contributed by atoms with van der Waals surface area (Å²) in [6.45, 7) is 5.87. The molecule has 3 aliphatic rings. The Morgan fingerprint density at radius 2 is 1.95 bits per heavy atom. The summed E-state index contributed by atoms with van der Waals surface area (Å²) in [5.41, 5.74) is 5.47. The lowest BCUT2D eigenvalue weighted by molar-refractivity contribution is 0.0904. The third-order valence-corrected chi connectivity index (χ3v) is 9.03. The summed E-state index contributed by atoms with van der Waals surface area (Å²) < 4.78 is 7.41. The van der Waals surface area contributed by atoms with Gasteiger partial charge in [-0.25, -0.2) is 4.52 Å². The van der Waals surface area contributed by atoms with Gasteiger partial charge in [0.15, 0.2) is 5.01 Å². The first-order valence-electron chi connectivity index (χ1n) is 13.2. The Bertz CT molecular complexity index is 1500. The molecule has 7 heterocycles. The monoisotopic (exact) mass is 527 g/mol. The SMILES string of the molecule is N#Cc1cnn2c(-c3cc(NC4CCOCC4)c(-c4nnc(N5CC6(CCNCC6)C5)s4)cn3)ccc2c1. The lowest BCUT2D eigenvalue weighted by Crippen LogP contribution is -2.60. The van der Waals surface area contributed by atoms with Gasteiger partial charge in [-0.15, -0.1) is 10.2 Å². The van der Waals surface area contributed by atoms with Gasteiger partial charge < -0.3 is 20.3 Å². The van der Waals surface area contributed by atoms with Crippen LogP contribution in [-0.4, -0.2) is 70.2 Å². The largest absolute Gasteiger partial charge is 0.381 e. The highest BCUT2D eigenvalue weighted by Gasteiger charge is 2.44. The van der Waals surface area contributed by atoms with Gasteiger partial charge in [0.25, 0.3) is 0 Å². The van der Waals surface area contributed by atoms with E-state index in [0.717, 1.165) is 90.5 Å². The van der Waals surface area contributed by atoms with Gasteiger partial charge in [-0.3, -0.25) is 4.98 Å². The second kappa shape index (κ2) is 9.62. The Balaban J connectivity index is 1.20. The Morgan fingerprint density at radius 3 is 2.76 bits per heavy atom. The summed E-state index contributed by atoms with van der Waals surface area (Å²) in [5.74, 6) is 0. The number of nitrogens with zero attached hydrogens (tertiary/aromatic N) is 7. The molecule has 4 aromatic rings. The molecule has 0 amide bonds. The van der Waals surface area contributed by atoms with Crippen LogP contribution in [0.15, 0.2) is 36.7 Å². The number of pyridine rings is 1. The topological polar surface area (TPSA) is 116 Å². The molecule has 3 saturated heterocycles. The minimum absolute atomic E-state index is 0.320. The van der Waals surface area contributed by atoms with Crippen LogP contribution in [0.4, 0.5) is 10.8 Å². The first kappa shape index (κ1) is 23.5. The zero-order valence-corrected chi connectivity index (χ0v) is 21.9. The molecule has 10 nitrogen and oxygen atoms in total. The summed E-state index contributed by atoms with van der Waals surface area (Å²) in [6.07, 6.45) is 7.86. The van der Waals surface area contributed by atoms with E-state index in [2.05, 4.69) is 43.0 Å². The Kier molecular flexibility index (Phi) is 5.95. The van der Waals surface area contributed by atoms with Crippen LogP contribution in [0.2, 0.25) is 0 Å². The van der Waals surface area contributed by atoms with E-state index in [1.165, 1.54) is 12.8 Å². The highest BCUT2D eigenvalue weighted by Crippen LogP contribution is 2.43. The number of rotatable bonds is 5. The van der Waals surface area contributed by atoms with Crippen LogP contribution in [0, 0.1) is 16.7 Å². The summed E-state index contributed by atoms with van der Waals surface area (Å²) in [5, 5.41) is 32.0. The average Bonchev–Trinajstić information content (AvgIpc) is 3.60. The van der Waals surface area contributed by atoms with Gasteiger partial charge in [-0.1, -0.05) is 11.3 Å². The van der Waals surface area contributed by atoms with Crippen molar-refractivity contribution in [3.8, 4) is 28.0 Å². The molecule has 1 spiro atoms. The zero-order valence-electron chi connectivity index (χ0n) is 21.1. The quantitative estimate of drug-likeness (QED) is 0.402. The van der Waals surface area contributed by atoms with Crippen LogP contribution in [0.5, 0.6) is 0 Å². The van der Waals surface area contributed by atoms with E-state index in [0.29, 0.717) is 17.0 Å². The number of aromatic nitrogens is 5. The minimum Gasteiger partial charge on any atom is -0.381 e. The average molecular weight is 528 g/mol. The maximum atomic E-state index is 9.23. The molecule has 3 fully saturated rings. The number of hydrogen-bond donors (Lipinski definition) is 2. The minimum atomic E-state index is 0.320. The molecule has 2 N–H and O–H groups in total. The standard InChI is InChI=1S/C27H29N9OS/c28-13-18-11-20-1-2-24(36(20)31-14-18)23-12-22(32-19-3-9-37-10-4-19)21(15-30-23)25-33-34-26(38-25)35-16-27(17-35)5-7-29-8-6-27/h1-2,11-12,14-15,19,29H,3-10,16-17H2,(H,30,32). The second-order valence-corrected chi connectivity index (χ2v) is 11.5. The molecular formula is C27H29N9OS. The molecule has 0 unspecified atom stereocenters. The summed E-state index contributed by atoms with van der Waals surface area (Å²) in [7, 11) is 0.